The summed E-state index contributed by atoms with van der Waals surface area (Å²) in [5.41, 5.74) is 5.83. The fourth-order valence-corrected chi connectivity index (χ4v) is 3.14. The molecular formula is C24H21N3O3. The van der Waals surface area contributed by atoms with Crippen molar-refractivity contribution in [1.29, 1.82) is 0 Å². The van der Waals surface area contributed by atoms with Crippen molar-refractivity contribution < 1.29 is 14.3 Å². The predicted molar refractivity (Wildman–Crippen MR) is 118 cm³/mol. The molecule has 1 heterocycles. The number of amidine groups is 1. The first kappa shape index (κ1) is 19.3. The zero-order valence-corrected chi connectivity index (χ0v) is 16.7. The van der Waals surface area contributed by atoms with Gasteiger partial charge in [-0.15, -0.1) is 0 Å². The second-order valence-electron chi connectivity index (χ2n) is 6.56. The SMILES string of the molecule is COc1ccc(/C=C2\N=C(c3ccccc3)NN(c3ccccc3)C2=O)cc1OC. The van der Waals surface area contributed by atoms with Crippen molar-refractivity contribution in [2.45, 2.75) is 0 Å². The summed E-state index contributed by atoms with van der Waals surface area (Å²) in [6.07, 6.45) is 1.74. The van der Waals surface area contributed by atoms with Gasteiger partial charge in [0.1, 0.15) is 5.70 Å². The van der Waals surface area contributed by atoms with Crippen LogP contribution in [0.5, 0.6) is 11.5 Å². The Labute approximate surface area is 175 Å². The van der Waals surface area contributed by atoms with Crippen LogP contribution in [0.15, 0.2) is 89.6 Å². The van der Waals surface area contributed by atoms with Crippen LogP contribution in [0.25, 0.3) is 6.08 Å². The Balaban J connectivity index is 1.79. The maximum Gasteiger partial charge on any atom is 0.295 e. The van der Waals surface area contributed by atoms with Crippen molar-refractivity contribution in [1.82, 2.24) is 5.43 Å². The lowest BCUT2D eigenvalue weighted by Crippen LogP contribution is -2.50. The summed E-state index contributed by atoms with van der Waals surface area (Å²) in [5, 5.41) is 1.50. The van der Waals surface area contributed by atoms with Gasteiger partial charge in [0.05, 0.1) is 19.9 Å². The van der Waals surface area contributed by atoms with E-state index < -0.39 is 0 Å². The average Bonchev–Trinajstić information content (AvgIpc) is 2.81. The minimum absolute atomic E-state index is 0.254. The van der Waals surface area contributed by atoms with E-state index in [0.29, 0.717) is 23.0 Å². The normalized spacial score (nSPS) is 14.9. The molecule has 3 aromatic rings. The molecule has 30 heavy (non-hydrogen) atoms. The zero-order valence-electron chi connectivity index (χ0n) is 16.7. The van der Waals surface area contributed by atoms with Gasteiger partial charge in [-0.1, -0.05) is 54.6 Å². The molecule has 3 aromatic carbocycles. The van der Waals surface area contributed by atoms with E-state index in [2.05, 4.69) is 10.4 Å². The first-order valence-electron chi connectivity index (χ1n) is 9.43. The van der Waals surface area contributed by atoms with E-state index in [0.717, 1.165) is 16.8 Å². The molecule has 1 aliphatic heterocycles. The molecule has 1 amide bonds. The highest BCUT2D eigenvalue weighted by atomic mass is 16.5. The number of carbonyl (C=O) groups is 1. The summed E-state index contributed by atoms with van der Waals surface area (Å²) < 4.78 is 10.7. The van der Waals surface area contributed by atoms with Gasteiger partial charge < -0.3 is 9.47 Å². The Morgan fingerprint density at radius 1 is 0.867 bits per heavy atom. The number of anilines is 1. The van der Waals surface area contributed by atoms with Crippen LogP contribution in [0.1, 0.15) is 11.1 Å². The molecule has 4 rings (SSSR count). The number of rotatable bonds is 5. The third-order valence-electron chi connectivity index (χ3n) is 4.64. The summed E-state index contributed by atoms with van der Waals surface area (Å²) in [6, 6.07) is 24.6. The highest BCUT2D eigenvalue weighted by molar-refractivity contribution is 6.16. The lowest BCUT2D eigenvalue weighted by molar-refractivity contribution is -0.115. The molecule has 0 saturated carbocycles. The predicted octanol–water partition coefficient (Wildman–Crippen LogP) is 4.04. The van der Waals surface area contributed by atoms with E-state index in [1.165, 1.54) is 5.01 Å². The number of hydrogen-bond acceptors (Lipinski definition) is 5. The van der Waals surface area contributed by atoms with Gasteiger partial charge in [-0.05, 0) is 35.9 Å². The lowest BCUT2D eigenvalue weighted by Gasteiger charge is -2.29. The second kappa shape index (κ2) is 8.53. The first-order chi connectivity index (χ1) is 14.7. The minimum atomic E-state index is -0.254. The van der Waals surface area contributed by atoms with Crippen molar-refractivity contribution in [2.24, 2.45) is 4.99 Å². The van der Waals surface area contributed by atoms with Gasteiger partial charge >= 0.3 is 0 Å². The van der Waals surface area contributed by atoms with Crippen LogP contribution in [-0.4, -0.2) is 26.0 Å². The number of methoxy groups -OCH3 is 2. The van der Waals surface area contributed by atoms with Crippen LogP contribution in [-0.2, 0) is 4.79 Å². The molecule has 0 atom stereocenters. The maximum atomic E-state index is 13.2. The molecule has 0 fully saturated rings. The molecule has 1 aliphatic rings. The highest BCUT2D eigenvalue weighted by Gasteiger charge is 2.27. The highest BCUT2D eigenvalue weighted by Crippen LogP contribution is 2.29. The molecule has 0 bridgehead atoms. The lowest BCUT2D eigenvalue weighted by atomic mass is 10.1. The van der Waals surface area contributed by atoms with Gasteiger partial charge in [0.25, 0.3) is 5.91 Å². The Hall–Kier alpha value is -4.06. The van der Waals surface area contributed by atoms with E-state index in [1.54, 1.807) is 26.4 Å². The standard InChI is InChI=1S/C24H21N3O3/c1-29-21-14-13-17(16-22(21)30-2)15-20-24(28)27(19-11-7-4-8-12-19)26-23(25-20)18-9-5-3-6-10-18/h3-16H,1-2H3,(H,25,26)/b20-15-. The number of nitrogens with one attached hydrogen (secondary N) is 1. The van der Waals surface area contributed by atoms with Gasteiger partial charge in [0.2, 0.25) is 0 Å². The third kappa shape index (κ3) is 3.89. The van der Waals surface area contributed by atoms with Crippen molar-refractivity contribution >= 4 is 23.5 Å². The van der Waals surface area contributed by atoms with Gasteiger partial charge in [-0.25, -0.2) is 10.0 Å². The molecule has 6 nitrogen and oxygen atoms in total. The number of para-hydroxylation sites is 1. The molecule has 0 radical (unpaired) electrons. The average molecular weight is 399 g/mol. The Kier molecular flexibility index (Phi) is 5.48. The number of nitrogens with zero attached hydrogens (tertiary/aromatic N) is 2. The summed E-state index contributed by atoms with van der Waals surface area (Å²) in [7, 11) is 3.16. The Bertz CT molecular complexity index is 1110. The number of hydrazine groups is 1. The molecular weight excluding hydrogens is 378 g/mol. The van der Waals surface area contributed by atoms with Crippen LogP contribution in [0, 0.1) is 0 Å². The largest absolute Gasteiger partial charge is 0.493 e. The van der Waals surface area contributed by atoms with E-state index in [4.69, 9.17) is 9.47 Å². The molecule has 6 heteroatoms. The topological polar surface area (TPSA) is 63.2 Å². The van der Waals surface area contributed by atoms with Crippen LogP contribution in [0.3, 0.4) is 0 Å². The van der Waals surface area contributed by atoms with E-state index >= 15 is 0 Å². The molecule has 0 unspecified atom stereocenters. The fourth-order valence-electron chi connectivity index (χ4n) is 3.14. The Morgan fingerprint density at radius 3 is 2.20 bits per heavy atom. The number of amides is 1. The molecule has 0 aliphatic carbocycles. The van der Waals surface area contributed by atoms with Crippen LogP contribution in [0.4, 0.5) is 5.69 Å². The second-order valence-corrected chi connectivity index (χ2v) is 6.56. The molecule has 150 valence electrons. The number of ether oxygens (including phenoxy) is 2. The zero-order chi connectivity index (χ0) is 20.9. The minimum Gasteiger partial charge on any atom is -0.493 e. The van der Waals surface area contributed by atoms with Gasteiger partial charge in [0.15, 0.2) is 17.3 Å². The maximum absolute atomic E-state index is 13.2. The molecule has 1 N–H and O–H groups in total. The quantitative estimate of drug-likeness (QED) is 0.658. The number of carbonyl (C=O) groups excluding carboxylic acids is 1. The number of hydrogen-bond donors (Lipinski definition) is 1. The first-order valence-corrected chi connectivity index (χ1v) is 9.43. The monoisotopic (exact) mass is 399 g/mol. The number of aliphatic imine (C=N–C) groups is 1. The van der Waals surface area contributed by atoms with E-state index in [1.807, 2.05) is 72.8 Å². The summed E-state index contributed by atoms with van der Waals surface area (Å²) in [5.74, 6) is 1.54. The summed E-state index contributed by atoms with van der Waals surface area (Å²) >= 11 is 0. The van der Waals surface area contributed by atoms with Gasteiger partial charge in [0, 0.05) is 5.56 Å². The molecule has 0 saturated heterocycles. The fraction of sp³-hybridized carbons (Fsp3) is 0.0833. The van der Waals surface area contributed by atoms with Crippen LogP contribution in [0.2, 0.25) is 0 Å². The third-order valence-corrected chi connectivity index (χ3v) is 4.64. The van der Waals surface area contributed by atoms with Gasteiger partial charge in [-0.3, -0.25) is 10.2 Å². The van der Waals surface area contributed by atoms with E-state index in [9.17, 15) is 4.79 Å². The van der Waals surface area contributed by atoms with E-state index in [-0.39, 0.29) is 5.91 Å². The molecule has 0 spiro atoms. The smallest absolute Gasteiger partial charge is 0.295 e. The van der Waals surface area contributed by atoms with Crippen molar-refractivity contribution in [3.63, 3.8) is 0 Å². The van der Waals surface area contributed by atoms with Crippen molar-refractivity contribution in [3.8, 4) is 11.5 Å². The summed E-state index contributed by atoms with van der Waals surface area (Å²) in [6.45, 7) is 0. The van der Waals surface area contributed by atoms with Crippen molar-refractivity contribution in [2.75, 3.05) is 19.2 Å². The Morgan fingerprint density at radius 2 is 1.53 bits per heavy atom. The van der Waals surface area contributed by atoms with Crippen LogP contribution < -0.4 is 19.9 Å². The van der Waals surface area contributed by atoms with Crippen LogP contribution >= 0.6 is 0 Å². The number of benzene rings is 3. The molecule has 0 aromatic heterocycles. The van der Waals surface area contributed by atoms with Crippen molar-refractivity contribution in [3.05, 3.63) is 95.7 Å². The van der Waals surface area contributed by atoms with Gasteiger partial charge in [-0.2, -0.15) is 0 Å². The summed E-state index contributed by atoms with van der Waals surface area (Å²) in [4.78, 5) is 17.8.